The lowest BCUT2D eigenvalue weighted by atomic mass is 10.1. The van der Waals surface area contributed by atoms with Crippen LogP contribution in [0.3, 0.4) is 0 Å². The van der Waals surface area contributed by atoms with Crippen molar-refractivity contribution in [2.24, 2.45) is 0 Å². The fraction of sp³-hybridized carbons (Fsp3) is 0.118. The molecule has 0 aliphatic rings. The van der Waals surface area contributed by atoms with E-state index < -0.39 is 17.6 Å². The van der Waals surface area contributed by atoms with Crippen LogP contribution in [0, 0.1) is 6.92 Å². The van der Waals surface area contributed by atoms with Gasteiger partial charge < -0.3 is 0 Å². The Bertz CT molecular complexity index is 679. The van der Waals surface area contributed by atoms with E-state index in [2.05, 4.69) is 10.9 Å². The van der Waals surface area contributed by atoms with Gasteiger partial charge >= 0.3 is 5.91 Å². The zero-order chi connectivity index (χ0) is 15.9. The zero-order valence-electron chi connectivity index (χ0n) is 12.1. The molecule has 0 aliphatic heterocycles. The van der Waals surface area contributed by atoms with Gasteiger partial charge in [0.05, 0.1) is 0 Å². The molecule has 2 amide bonds. The average Bonchev–Trinajstić information content (AvgIpc) is 2.53. The molecule has 0 atom stereocenters. The molecular formula is C17H16N2O3. The van der Waals surface area contributed by atoms with Crippen LogP contribution in [-0.4, -0.2) is 17.6 Å². The molecule has 5 heteroatoms. The van der Waals surface area contributed by atoms with E-state index >= 15 is 0 Å². The number of rotatable bonds is 4. The van der Waals surface area contributed by atoms with Crippen molar-refractivity contribution >= 4 is 17.6 Å². The molecule has 0 spiro atoms. The maximum Gasteiger partial charge on any atom is 0.306 e. The molecule has 0 bridgehead atoms. The number of ketones is 1. The molecule has 2 rings (SSSR count). The van der Waals surface area contributed by atoms with Crippen molar-refractivity contribution in [3.63, 3.8) is 0 Å². The molecular weight excluding hydrogens is 280 g/mol. The van der Waals surface area contributed by atoms with E-state index in [-0.39, 0.29) is 6.42 Å². The van der Waals surface area contributed by atoms with Crippen molar-refractivity contribution in [3.8, 4) is 0 Å². The number of carbonyl (C=O) groups is 3. The maximum absolute atomic E-state index is 11.8. The molecule has 5 nitrogen and oxygen atoms in total. The quantitative estimate of drug-likeness (QED) is 0.664. The number of hydrogen-bond donors (Lipinski definition) is 2. The van der Waals surface area contributed by atoms with Crippen LogP contribution in [0.5, 0.6) is 0 Å². The summed E-state index contributed by atoms with van der Waals surface area (Å²) in [6.45, 7) is 1.91. The number of carbonyl (C=O) groups excluding carboxylic acids is 3. The topological polar surface area (TPSA) is 75.3 Å². The summed E-state index contributed by atoms with van der Waals surface area (Å²) >= 11 is 0. The molecule has 0 aromatic heterocycles. The maximum atomic E-state index is 11.8. The van der Waals surface area contributed by atoms with Crippen LogP contribution in [0.1, 0.15) is 21.5 Å². The molecule has 112 valence electrons. The van der Waals surface area contributed by atoms with Crippen molar-refractivity contribution in [3.05, 3.63) is 71.3 Å². The molecule has 0 heterocycles. The van der Waals surface area contributed by atoms with E-state index in [0.717, 1.165) is 11.1 Å². The first-order chi connectivity index (χ1) is 10.6. The first-order valence-electron chi connectivity index (χ1n) is 6.80. The summed E-state index contributed by atoms with van der Waals surface area (Å²) < 4.78 is 0. The van der Waals surface area contributed by atoms with Crippen LogP contribution < -0.4 is 10.9 Å². The Labute approximate surface area is 128 Å². The minimum Gasteiger partial charge on any atom is -0.288 e. The van der Waals surface area contributed by atoms with E-state index in [4.69, 9.17) is 0 Å². The smallest absolute Gasteiger partial charge is 0.288 e. The molecule has 0 unspecified atom stereocenters. The third-order valence-electron chi connectivity index (χ3n) is 3.06. The first-order valence-corrected chi connectivity index (χ1v) is 6.80. The van der Waals surface area contributed by atoms with Crippen molar-refractivity contribution in [2.45, 2.75) is 13.3 Å². The lowest BCUT2D eigenvalue weighted by Gasteiger charge is -2.07. The van der Waals surface area contributed by atoms with E-state index in [1.54, 1.807) is 48.5 Å². The molecule has 22 heavy (non-hydrogen) atoms. The minimum absolute atomic E-state index is 0.00687. The Kier molecular flexibility index (Phi) is 5.03. The highest BCUT2D eigenvalue weighted by atomic mass is 16.2. The van der Waals surface area contributed by atoms with Crippen LogP contribution in [0.2, 0.25) is 0 Å². The van der Waals surface area contributed by atoms with E-state index in [1.165, 1.54) is 0 Å². The van der Waals surface area contributed by atoms with Gasteiger partial charge in [-0.25, -0.2) is 0 Å². The van der Waals surface area contributed by atoms with Gasteiger partial charge in [0.2, 0.25) is 5.78 Å². The summed E-state index contributed by atoms with van der Waals surface area (Å²) in [4.78, 5) is 35.2. The molecule has 2 N–H and O–H groups in total. The van der Waals surface area contributed by atoms with Crippen LogP contribution in [0.4, 0.5) is 0 Å². The van der Waals surface area contributed by atoms with Crippen molar-refractivity contribution in [1.29, 1.82) is 0 Å². The van der Waals surface area contributed by atoms with Gasteiger partial charge in [0.25, 0.3) is 5.91 Å². The fourth-order valence-electron chi connectivity index (χ4n) is 1.82. The number of nitrogens with one attached hydrogen (secondary N) is 2. The number of Topliss-reactive ketones (excluding diaryl/α,β-unsaturated/α-hetero) is 1. The second kappa shape index (κ2) is 7.17. The number of amides is 2. The second-order valence-electron chi connectivity index (χ2n) is 4.86. The monoisotopic (exact) mass is 296 g/mol. The van der Waals surface area contributed by atoms with Gasteiger partial charge in [-0.2, -0.15) is 0 Å². The van der Waals surface area contributed by atoms with Crippen LogP contribution in [0.25, 0.3) is 0 Å². The Morgan fingerprint density at radius 2 is 1.50 bits per heavy atom. The Morgan fingerprint density at radius 1 is 0.864 bits per heavy atom. The molecule has 2 aromatic carbocycles. The highest BCUT2D eigenvalue weighted by Crippen LogP contribution is 2.02. The molecule has 0 saturated carbocycles. The highest BCUT2D eigenvalue weighted by Gasteiger charge is 2.15. The molecule has 2 aromatic rings. The summed E-state index contributed by atoms with van der Waals surface area (Å²) in [5, 5.41) is 0. The summed E-state index contributed by atoms with van der Waals surface area (Å²) in [6.07, 6.45) is -0.00687. The zero-order valence-corrected chi connectivity index (χ0v) is 12.1. The lowest BCUT2D eigenvalue weighted by molar-refractivity contribution is -0.138. The predicted octanol–water partition coefficient (Wildman–Crippen LogP) is 1.57. The second-order valence-corrected chi connectivity index (χ2v) is 4.86. The molecule has 0 aliphatic carbocycles. The predicted molar refractivity (Wildman–Crippen MR) is 81.9 cm³/mol. The average molecular weight is 296 g/mol. The third-order valence-corrected chi connectivity index (χ3v) is 3.06. The van der Waals surface area contributed by atoms with Gasteiger partial charge in [-0.3, -0.25) is 25.2 Å². The minimum atomic E-state index is -0.843. The van der Waals surface area contributed by atoms with Gasteiger partial charge in [-0.1, -0.05) is 48.0 Å². The van der Waals surface area contributed by atoms with Crippen molar-refractivity contribution in [1.82, 2.24) is 10.9 Å². The summed E-state index contributed by atoms with van der Waals surface area (Å²) in [5.41, 5.74) is 6.53. The van der Waals surface area contributed by atoms with Crippen LogP contribution in [-0.2, 0) is 16.0 Å². The highest BCUT2D eigenvalue weighted by molar-refractivity contribution is 6.36. The molecule has 0 radical (unpaired) electrons. The summed E-state index contributed by atoms with van der Waals surface area (Å²) in [5.74, 6) is -1.93. The molecule has 0 fully saturated rings. The largest absolute Gasteiger partial charge is 0.306 e. The van der Waals surface area contributed by atoms with Crippen molar-refractivity contribution in [2.75, 3.05) is 0 Å². The van der Waals surface area contributed by atoms with E-state index in [0.29, 0.717) is 5.56 Å². The van der Waals surface area contributed by atoms with Gasteiger partial charge in [0, 0.05) is 12.0 Å². The van der Waals surface area contributed by atoms with Crippen LogP contribution >= 0.6 is 0 Å². The van der Waals surface area contributed by atoms with Gasteiger partial charge in [-0.05, 0) is 24.6 Å². The fourth-order valence-corrected chi connectivity index (χ4v) is 1.82. The third kappa shape index (κ3) is 4.28. The Hall–Kier alpha value is -2.95. The van der Waals surface area contributed by atoms with Gasteiger partial charge in [0.15, 0.2) is 0 Å². The van der Waals surface area contributed by atoms with Crippen molar-refractivity contribution < 1.29 is 14.4 Å². The SMILES string of the molecule is Cc1ccc(C(=O)NNC(=O)C(=O)Cc2ccccc2)cc1. The van der Waals surface area contributed by atoms with Crippen LogP contribution in [0.15, 0.2) is 54.6 Å². The normalized spacial score (nSPS) is 9.86. The van der Waals surface area contributed by atoms with Gasteiger partial charge in [0.1, 0.15) is 0 Å². The molecule has 0 saturated heterocycles. The number of hydrazine groups is 1. The number of aryl methyl sites for hydroxylation is 1. The van der Waals surface area contributed by atoms with E-state index in [1.807, 2.05) is 13.0 Å². The standard InChI is InChI=1S/C17H16N2O3/c1-12-7-9-14(10-8-12)16(21)18-19-17(22)15(20)11-13-5-3-2-4-6-13/h2-10H,11H2,1H3,(H,18,21)(H,19,22). The van der Waals surface area contributed by atoms with E-state index in [9.17, 15) is 14.4 Å². The summed E-state index contributed by atoms with van der Waals surface area (Å²) in [6, 6.07) is 15.8. The van der Waals surface area contributed by atoms with Gasteiger partial charge in [-0.15, -0.1) is 0 Å². The lowest BCUT2D eigenvalue weighted by Crippen LogP contribution is -2.45. The first kappa shape index (κ1) is 15.4. The Balaban J connectivity index is 1.85. The number of benzene rings is 2. The number of hydrogen-bond acceptors (Lipinski definition) is 3. The summed E-state index contributed by atoms with van der Waals surface area (Å²) in [7, 11) is 0. The Morgan fingerprint density at radius 3 is 2.14 bits per heavy atom.